The Balaban J connectivity index is 2.03. The SMILES string of the molecule is COc1ccccc1/C=C/C(=O)N1CCNCC1. The number of benzene rings is 1. The second-order valence-corrected chi connectivity index (χ2v) is 4.15. The summed E-state index contributed by atoms with van der Waals surface area (Å²) in [6.07, 6.45) is 3.42. The molecule has 0 spiro atoms. The van der Waals surface area contributed by atoms with E-state index in [1.54, 1.807) is 13.2 Å². The molecule has 1 aromatic rings. The van der Waals surface area contributed by atoms with Gasteiger partial charge in [0.25, 0.3) is 0 Å². The van der Waals surface area contributed by atoms with Gasteiger partial charge in [0.05, 0.1) is 7.11 Å². The number of nitrogens with one attached hydrogen (secondary N) is 1. The Bertz CT molecular complexity index is 437. The van der Waals surface area contributed by atoms with Crippen molar-refractivity contribution in [3.63, 3.8) is 0 Å². The highest BCUT2D eigenvalue weighted by atomic mass is 16.5. The van der Waals surface area contributed by atoms with Crippen molar-refractivity contribution < 1.29 is 9.53 Å². The first kappa shape index (κ1) is 12.6. The Hall–Kier alpha value is -1.81. The van der Waals surface area contributed by atoms with Crippen molar-refractivity contribution in [2.45, 2.75) is 0 Å². The number of hydrogen-bond acceptors (Lipinski definition) is 3. The van der Waals surface area contributed by atoms with E-state index in [4.69, 9.17) is 4.74 Å². The summed E-state index contributed by atoms with van der Waals surface area (Å²) in [5, 5.41) is 3.22. The number of rotatable bonds is 3. The third-order valence-electron chi connectivity index (χ3n) is 2.97. The van der Waals surface area contributed by atoms with Crippen molar-refractivity contribution in [2.24, 2.45) is 0 Å². The fourth-order valence-corrected chi connectivity index (χ4v) is 1.96. The van der Waals surface area contributed by atoms with E-state index in [0.29, 0.717) is 0 Å². The lowest BCUT2D eigenvalue weighted by atomic mass is 10.2. The van der Waals surface area contributed by atoms with Crippen LogP contribution in [-0.2, 0) is 4.79 Å². The summed E-state index contributed by atoms with van der Waals surface area (Å²) >= 11 is 0. The van der Waals surface area contributed by atoms with Gasteiger partial charge >= 0.3 is 0 Å². The topological polar surface area (TPSA) is 41.6 Å². The number of hydrogen-bond donors (Lipinski definition) is 1. The molecule has 0 aliphatic carbocycles. The van der Waals surface area contributed by atoms with Gasteiger partial charge in [-0.25, -0.2) is 0 Å². The molecule has 4 nitrogen and oxygen atoms in total. The number of methoxy groups -OCH3 is 1. The van der Waals surface area contributed by atoms with E-state index in [2.05, 4.69) is 5.32 Å². The Morgan fingerprint density at radius 2 is 2.06 bits per heavy atom. The van der Waals surface area contributed by atoms with Gasteiger partial charge in [-0.3, -0.25) is 4.79 Å². The zero-order valence-corrected chi connectivity index (χ0v) is 10.6. The lowest BCUT2D eigenvalue weighted by Gasteiger charge is -2.26. The Morgan fingerprint density at radius 1 is 1.33 bits per heavy atom. The van der Waals surface area contributed by atoms with Crippen LogP contribution >= 0.6 is 0 Å². The van der Waals surface area contributed by atoms with Gasteiger partial charge in [0.15, 0.2) is 0 Å². The minimum Gasteiger partial charge on any atom is -0.496 e. The molecule has 1 heterocycles. The second-order valence-electron chi connectivity index (χ2n) is 4.15. The van der Waals surface area contributed by atoms with Gasteiger partial charge in [0.2, 0.25) is 5.91 Å². The summed E-state index contributed by atoms with van der Waals surface area (Å²) in [6, 6.07) is 7.65. The van der Waals surface area contributed by atoms with Crippen LogP contribution in [0.5, 0.6) is 5.75 Å². The Labute approximate surface area is 107 Å². The molecule has 1 N–H and O–H groups in total. The molecule has 0 radical (unpaired) electrons. The van der Waals surface area contributed by atoms with Crippen LogP contribution in [-0.4, -0.2) is 44.1 Å². The largest absolute Gasteiger partial charge is 0.496 e. The number of ether oxygens (including phenoxy) is 1. The predicted octanol–water partition coefficient (Wildman–Crippen LogP) is 1.14. The van der Waals surface area contributed by atoms with E-state index in [1.807, 2.05) is 35.2 Å². The predicted molar refractivity (Wildman–Crippen MR) is 71.5 cm³/mol. The molecule has 18 heavy (non-hydrogen) atoms. The molecule has 1 aliphatic rings. The van der Waals surface area contributed by atoms with E-state index < -0.39 is 0 Å². The maximum atomic E-state index is 11.9. The molecule has 1 aliphatic heterocycles. The fourth-order valence-electron chi connectivity index (χ4n) is 1.96. The molecule has 0 atom stereocenters. The van der Waals surface area contributed by atoms with Crippen LogP contribution in [0.25, 0.3) is 6.08 Å². The highest BCUT2D eigenvalue weighted by Crippen LogP contribution is 2.18. The van der Waals surface area contributed by atoms with Crippen molar-refractivity contribution in [1.82, 2.24) is 10.2 Å². The Kier molecular flexibility index (Phi) is 4.36. The molecule has 4 heteroatoms. The second kappa shape index (κ2) is 6.21. The number of para-hydroxylation sites is 1. The minimum atomic E-state index is 0.0578. The van der Waals surface area contributed by atoms with Crippen LogP contribution in [0.1, 0.15) is 5.56 Å². The number of piperazine rings is 1. The van der Waals surface area contributed by atoms with Crippen LogP contribution in [0.2, 0.25) is 0 Å². The smallest absolute Gasteiger partial charge is 0.246 e. The number of carbonyl (C=O) groups is 1. The van der Waals surface area contributed by atoms with E-state index in [9.17, 15) is 4.79 Å². The molecule has 1 saturated heterocycles. The van der Waals surface area contributed by atoms with Gasteiger partial charge in [-0.2, -0.15) is 0 Å². The highest BCUT2D eigenvalue weighted by Gasteiger charge is 2.13. The normalized spacial score (nSPS) is 15.9. The molecule has 0 unspecified atom stereocenters. The van der Waals surface area contributed by atoms with E-state index >= 15 is 0 Å². The standard InChI is InChI=1S/C14H18N2O2/c1-18-13-5-3-2-4-12(13)6-7-14(17)16-10-8-15-9-11-16/h2-7,15H,8-11H2,1H3/b7-6+. The van der Waals surface area contributed by atoms with Crippen LogP contribution in [0.15, 0.2) is 30.3 Å². The van der Waals surface area contributed by atoms with Crippen molar-refractivity contribution in [3.05, 3.63) is 35.9 Å². The lowest BCUT2D eigenvalue weighted by molar-refractivity contribution is -0.126. The molecular formula is C14H18N2O2. The van der Waals surface area contributed by atoms with Gasteiger partial charge < -0.3 is 15.0 Å². The molecule has 2 rings (SSSR count). The average molecular weight is 246 g/mol. The zero-order valence-electron chi connectivity index (χ0n) is 10.6. The summed E-state index contributed by atoms with van der Waals surface area (Å²) in [6.45, 7) is 3.28. The van der Waals surface area contributed by atoms with E-state index in [1.165, 1.54) is 0 Å². The summed E-state index contributed by atoms with van der Waals surface area (Å²) in [7, 11) is 1.63. The van der Waals surface area contributed by atoms with Gasteiger partial charge in [-0.15, -0.1) is 0 Å². The quantitative estimate of drug-likeness (QED) is 0.813. The van der Waals surface area contributed by atoms with Gasteiger partial charge in [0.1, 0.15) is 5.75 Å². The molecule has 0 saturated carbocycles. The van der Waals surface area contributed by atoms with Crippen LogP contribution < -0.4 is 10.1 Å². The summed E-state index contributed by atoms with van der Waals surface area (Å²) < 4.78 is 5.24. The molecule has 1 amide bonds. The maximum Gasteiger partial charge on any atom is 0.246 e. The minimum absolute atomic E-state index is 0.0578. The first-order valence-electron chi connectivity index (χ1n) is 6.12. The zero-order chi connectivity index (χ0) is 12.8. The van der Waals surface area contributed by atoms with Crippen molar-refractivity contribution >= 4 is 12.0 Å². The van der Waals surface area contributed by atoms with Crippen LogP contribution in [0.3, 0.4) is 0 Å². The molecule has 96 valence electrons. The lowest BCUT2D eigenvalue weighted by Crippen LogP contribution is -2.45. The number of carbonyl (C=O) groups excluding carboxylic acids is 1. The third kappa shape index (κ3) is 3.11. The van der Waals surface area contributed by atoms with Gasteiger partial charge in [-0.05, 0) is 12.1 Å². The van der Waals surface area contributed by atoms with E-state index in [0.717, 1.165) is 37.5 Å². The van der Waals surface area contributed by atoms with Crippen molar-refractivity contribution in [2.75, 3.05) is 33.3 Å². The first-order valence-corrected chi connectivity index (χ1v) is 6.12. The third-order valence-corrected chi connectivity index (χ3v) is 2.97. The molecular weight excluding hydrogens is 228 g/mol. The monoisotopic (exact) mass is 246 g/mol. The van der Waals surface area contributed by atoms with Gasteiger partial charge in [-0.1, -0.05) is 18.2 Å². The van der Waals surface area contributed by atoms with E-state index in [-0.39, 0.29) is 5.91 Å². The highest BCUT2D eigenvalue weighted by molar-refractivity contribution is 5.92. The summed E-state index contributed by atoms with van der Waals surface area (Å²) in [5.74, 6) is 0.837. The number of nitrogens with zero attached hydrogens (tertiary/aromatic N) is 1. The van der Waals surface area contributed by atoms with Crippen LogP contribution in [0, 0.1) is 0 Å². The molecule has 0 bridgehead atoms. The molecule has 0 aromatic heterocycles. The van der Waals surface area contributed by atoms with Gasteiger partial charge in [0, 0.05) is 37.8 Å². The average Bonchev–Trinajstić information content (AvgIpc) is 2.46. The van der Waals surface area contributed by atoms with Crippen LogP contribution in [0.4, 0.5) is 0 Å². The molecule has 1 aromatic carbocycles. The molecule has 1 fully saturated rings. The van der Waals surface area contributed by atoms with Crippen molar-refractivity contribution in [1.29, 1.82) is 0 Å². The fraction of sp³-hybridized carbons (Fsp3) is 0.357. The Morgan fingerprint density at radius 3 is 2.78 bits per heavy atom. The number of amides is 1. The first-order chi connectivity index (χ1) is 8.81. The summed E-state index contributed by atoms with van der Waals surface area (Å²) in [4.78, 5) is 13.8. The van der Waals surface area contributed by atoms with Crippen molar-refractivity contribution in [3.8, 4) is 5.75 Å². The maximum absolute atomic E-state index is 11.9. The summed E-state index contributed by atoms with van der Waals surface area (Å²) in [5.41, 5.74) is 0.920.